The summed E-state index contributed by atoms with van der Waals surface area (Å²) in [6.07, 6.45) is 1.96. The van der Waals surface area contributed by atoms with E-state index in [1.807, 2.05) is 24.3 Å². The number of nitrogens with zero attached hydrogens (tertiary/aromatic N) is 2. The van der Waals surface area contributed by atoms with Crippen LogP contribution in [0.5, 0.6) is 0 Å². The minimum absolute atomic E-state index is 0.00399. The van der Waals surface area contributed by atoms with Crippen LogP contribution in [0.15, 0.2) is 42.5 Å². The van der Waals surface area contributed by atoms with Crippen molar-refractivity contribution >= 4 is 23.2 Å². The SMILES string of the molecule is CCc1ccc(NC(=O)C(=O)NCC(c2ccc3c(c2)CCN3C)N2CCOCC2)cc1. The van der Waals surface area contributed by atoms with Crippen molar-refractivity contribution in [1.82, 2.24) is 10.2 Å². The lowest BCUT2D eigenvalue weighted by Gasteiger charge is -2.35. The highest BCUT2D eigenvalue weighted by molar-refractivity contribution is 6.39. The van der Waals surface area contributed by atoms with Crippen LogP contribution < -0.4 is 15.5 Å². The van der Waals surface area contributed by atoms with E-state index in [1.54, 1.807) is 0 Å². The van der Waals surface area contributed by atoms with Crippen molar-refractivity contribution in [2.24, 2.45) is 0 Å². The van der Waals surface area contributed by atoms with Gasteiger partial charge in [-0.15, -0.1) is 0 Å². The molecule has 1 fully saturated rings. The summed E-state index contributed by atoms with van der Waals surface area (Å²) in [6.45, 7) is 6.41. The smallest absolute Gasteiger partial charge is 0.313 e. The number of likely N-dealkylation sites (N-methyl/N-ethyl adjacent to an activating group) is 1. The van der Waals surface area contributed by atoms with E-state index < -0.39 is 11.8 Å². The number of aryl methyl sites for hydroxylation is 1. The van der Waals surface area contributed by atoms with E-state index in [4.69, 9.17) is 4.74 Å². The second-order valence-corrected chi connectivity index (χ2v) is 8.44. The summed E-state index contributed by atoms with van der Waals surface area (Å²) in [5.74, 6) is -1.27. The number of carbonyl (C=O) groups excluding carboxylic acids is 2. The topological polar surface area (TPSA) is 73.9 Å². The molecule has 2 aromatic carbocycles. The molecule has 2 aliphatic heterocycles. The van der Waals surface area contributed by atoms with Gasteiger partial charge in [0.25, 0.3) is 0 Å². The fourth-order valence-corrected chi connectivity index (χ4v) is 4.42. The summed E-state index contributed by atoms with van der Waals surface area (Å²) in [7, 11) is 2.11. The second-order valence-electron chi connectivity index (χ2n) is 8.44. The van der Waals surface area contributed by atoms with E-state index in [0.717, 1.165) is 38.0 Å². The zero-order valence-electron chi connectivity index (χ0n) is 18.9. The molecule has 32 heavy (non-hydrogen) atoms. The molecule has 7 heteroatoms. The van der Waals surface area contributed by atoms with Crippen LogP contribution in [0.3, 0.4) is 0 Å². The van der Waals surface area contributed by atoms with Crippen molar-refractivity contribution in [3.63, 3.8) is 0 Å². The number of ether oxygens (including phenoxy) is 1. The van der Waals surface area contributed by atoms with Crippen molar-refractivity contribution in [3.05, 3.63) is 59.2 Å². The molecule has 170 valence electrons. The molecule has 2 aromatic rings. The highest BCUT2D eigenvalue weighted by atomic mass is 16.5. The Morgan fingerprint density at radius 3 is 2.50 bits per heavy atom. The number of anilines is 2. The standard InChI is InChI=1S/C25H32N4O3/c1-3-18-4-7-21(8-5-18)27-25(31)24(30)26-17-23(29-12-14-32-15-13-29)19-6-9-22-20(16-19)10-11-28(22)2/h4-9,16,23H,3,10-15,17H2,1-2H3,(H,26,30)(H,27,31). The third kappa shape index (κ3) is 5.11. The molecule has 0 bridgehead atoms. The fourth-order valence-electron chi connectivity index (χ4n) is 4.42. The first-order valence-electron chi connectivity index (χ1n) is 11.4. The fraction of sp³-hybridized carbons (Fsp3) is 0.440. The molecule has 2 heterocycles. The van der Waals surface area contributed by atoms with Gasteiger partial charge in [-0.3, -0.25) is 14.5 Å². The second kappa shape index (κ2) is 10.1. The first kappa shape index (κ1) is 22.3. The lowest BCUT2D eigenvalue weighted by Crippen LogP contribution is -2.45. The van der Waals surface area contributed by atoms with Gasteiger partial charge in [-0.1, -0.05) is 31.2 Å². The average molecular weight is 437 g/mol. The Bertz CT molecular complexity index is 954. The zero-order valence-corrected chi connectivity index (χ0v) is 18.9. The summed E-state index contributed by atoms with van der Waals surface area (Å²) in [4.78, 5) is 29.6. The van der Waals surface area contributed by atoms with Crippen LogP contribution in [0.2, 0.25) is 0 Å². The number of amides is 2. The number of nitrogens with one attached hydrogen (secondary N) is 2. The first-order valence-corrected chi connectivity index (χ1v) is 11.4. The molecule has 2 N–H and O–H groups in total. The van der Waals surface area contributed by atoms with Gasteiger partial charge < -0.3 is 20.3 Å². The van der Waals surface area contributed by atoms with Gasteiger partial charge in [-0.2, -0.15) is 0 Å². The lowest BCUT2D eigenvalue weighted by atomic mass is 10.0. The van der Waals surface area contributed by atoms with Gasteiger partial charge in [0.05, 0.1) is 19.3 Å². The van der Waals surface area contributed by atoms with Gasteiger partial charge in [0.2, 0.25) is 0 Å². The van der Waals surface area contributed by atoms with Crippen LogP contribution in [-0.4, -0.2) is 63.2 Å². The molecule has 0 saturated carbocycles. The molecular formula is C25H32N4O3. The molecule has 1 saturated heterocycles. The minimum Gasteiger partial charge on any atom is -0.379 e. The van der Waals surface area contributed by atoms with Gasteiger partial charge in [-0.05, 0) is 47.7 Å². The Balaban J connectivity index is 1.42. The van der Waals surface area contributed by atoms with E-state index in [2.05, 4.69) is 52.6 Å². The summed E-state index contributed by atoms with van der Waals surface area (Å²) in [5.41, 5.74) is 5.57. The van der Waals surface area contributed by atoms with Crippen LogP contribution in [0.25, 0.3) is 0 Å². The number of carbonyl (C=O) groups is 2. The van der Waals surface area contributed by atoms with Gasteiger partial charge in [0.1, 0.15) is 0 Å². The molecule has 4 rings (SSSR count). The summed E-state index contributed by atoms with van der Waals surface area (Å²) in [5, 5.41) is 5.54. The molecule has 1 atom stereocenters. The summed E-state index contributed by atoms with van der Waals surface area (Å²) >= 11 is 0. The Morgan fingerprint density at radius 1 is 1.03 bits per heavy atom. The first-order chi connectivity index (χ1) is 15.5. The van der Waals surface area contributed by atoms with E-state index in [9.17, 15) is 9.59 Å². The van der Waals surface area contributed by atoms with Crippen LogP contribution in [0, 0.1) is 0 Å². The molecule has 2 aliphatic rings. The zero-order chi connectivity index (χ0) is 22.5. The minimum atomic E-state index is -0.648. The highest BCUT2D eigenvalue weighted by Crippen LogP contribution is 2.31. The third-order valence-corrected chi connectivity index (χ3v) is 6.38. The van der Waals surface area contributed by atoms with Gasteiger partial charge in [0, 0.05) is 44.6 Å². The molecular weight excluding hydrogens is 404 g/mol. The Labute approximate surface area is 189 Å². The number of rotatable bonds is 6. The van der Waals surface area contributed by atoms with Crippen LogP contribution in [0.1, 0.15) is 29.7 Å². The van der Waals surface area contributed by atoms with E-state index in [1.165, 1.54) is 16.8 Å². The van der Waals surface area contributed by atoms with Crippen LogP contribution in [0.4, 0.5) is 11.4 Å². The maximum Gasteiger partial charge on any atom is 0.313 e. The largest absolute Gasteiger partial charge is 0.379 e. The molecule has 0 spiro atoms. The molecule has 0 aromatic heterocycles. The Morgan fingerprint density at radius 2 is 1.78 bits per heavy atom. The van der Waals surface area contributed by atoms with Crippen molar-refractivity contribution < 1.29 is 14.3 Å². The van der Waals surface area contributed by atoms with Gasteiger partial charge >= 0.3 is 11.8 Å². The quantitative estimate of drug-likeness (QED) is 0.680. The number of morpholine rings is 1. The summed E-state index contributed by atoms with van der Waals surface area (Å²) < 4.78 is 5.52. The third-order valence-electron chi connectivity index (χ3n) is 6.38. The van der Waals surface area contributed by atoms with E-state index >= 15 is 0 Å². The average Bonchev–Trinajstić information content (AvgIpc) is 3.20. The van der Waals surface area contributed by atoms with Crippen molar-refractivity contribution in [1.29, 1.82) is 0 Å². The molecule has 7 nitrogen and oxygen atoms in total. The predicted octanol–water partition coefficient (Wildman–Crippen LogP) is 2.37. The van der Waals surface area contributed by atoms with E-state index in [0.29, 0.717) is 25.4 Å². The number of fused-ring (bicyclic) bond motifs is 1. The number of benzene rings is 2. The van der Waals surface area contributed by atoms with Crippen LogP contribution >= 0.6 is 0 Å². The maximum absolute atomic E-state index is 12.5. The molecule has 0 aliphatic carbocycles. The Kier molecular flexibility index (Phi) is 7.07. The van der Waals surface area contributed by atoms with E-state index in [-0.39, 0.29) is 6.04 Å². The summed E-state index contributed by atoms with van der Waals surface area (Å²) in [6, 6.07) is 14.1. The maximum atomic E-state index is 12.5. The molecule has 2 amide bonds. The normalized spacial score (nSPS) is 17.0. The lowest BCUT2D eigenvalue weighted by molar-refractivity contribution is -0.136. The van der Waals surface area contributed by atoms with Gasteiger partial charge in [0.15, 0.2) is 0 Å². The highest BCUT2D eigenvalue weighted by Gasteiger charge is 2.26. The number of hydrogen-bond donors (Lipinski definition) is 2. The molecule has 1 unspecified atom stereocenters. The monoisotopic (exact) mass is 436 g/mol. The van der Waals surface area contributed by atoms with Crippen LogP contribution in [-0.2, 0) is 27.2 Å². The van der Waals surface area contributed by atoms with Crippen molar-refractivity contribution in [2.75, 3.05) is 56.7 Å². The van der Waals surface area contributed by atoms with Crippen molar-refractivity contribution in [3.8, 4) is 0 Å². The predicted molar refractivity (Wildman–Crippen MR) is 126 cm³/mol. The van der Waals surface area contributed by atoms with Crippen molar-refractivity contribution in [2.45, 2.75) is 25.8 Å². The van der Waals surface area contributed by atoms with Gasteiger partial charge in [-0.25, -0.2) is 0 Å². The molecule has 0 radical (unpaired) electrons. The number of hydrogen-bond acceptors (Lipinski definition) is 5. The Hall–Kier alpha value is -2.90.